The van der Waals surface area contributed by atoms with Gasteiger partial charge in [0.15, 0.2) is 0 Å². The number of rotatable bonds is 6. The van der Waals surface area contributed by atoms with Crippen molar-refractivity contribution in [1.29, 1.82) is 0 Å². The van der Waals surface area contributed by atoms with Crippen LogP contribution < -0.4 is 5.32 Å². The fourth-order valence-electron chi connectivity index (χ4n) is 1.31. The Morgan fingerprint density at radius 1 is 1.24 bits per heavy atom. The average Bonchev–Trinajstić information content (AvgIpc) is 2.24. The van der Waals surface area contributed by atoms with Crippen LogP contribution in [0.5, 0.6) is 0 Å². The number of amides is 1. The zero-order valence-electron chi connectivity index (χ0n) is 11.5. The molecule has 17 heavy (non-hydrogen) atoms. The minimum atomic E-state index is -0.611. The second-order valence-electron chi connectivity index (χ2n) is 4.95. The molecular weight excluding hydrogens is 222 g/mol. The fourth-order valence-corrected chi connectivity index (χ4v) is 1.31. The highest BCUT2D eigenvalue weighted by molar-refractivity contribution is 5.85. The molecule has 0 aromatic carbocycles. The van der Waals surface area contributed by atoms with Gasteiger partial charge in [0.25, 0.3) is 0 Å². The Morgan fingerprint density at radius 3 is 2.12 bits per heavy atom. The molecule has 0 spiro atoms. The number of hydrogen-bond acceptors (Lipinski definition) is 4. The van der Waals surface area contributed by atoms with Crippen molar-refractivity contribution in [3.8, 4) is 0 Å². The van der Waals surface area contributed by atoms with Crippen molar-refractivity contribution >= 4 is 11.9 Å². The minimum absolute atomic E-state index is 0.0166. The lowest BCUT2D eigenvalue weighted by molar-refractivity contribution is -0.147. The fraction of sp³-hybridized carbons (Fsp3) is 0.833. The number of hydrogen-bond donors (Lipinski definition) is 1. The molecule has 0 saturated heterocycles. The van der Waals surface area contributed by atoms with Gasteiger partial charge in [-0.1, -0.05) is 13.8 Å². The van der Waals surface area contributed by atoms with Crippen molar-refractivity contribution in [3.63, 3.8) is 0 Å². The summed E-state index contributed by atoms with van der Waals surface area (Å²) in [5.74, 6) is -0.665. The standard InChI is InChI=1S/C12H23NO4/c1-8(2)10(11(15)16-5)13-9(14)7-12(3,4)17-6/h8,10H,7H2,1-6H3,(H,13,14). The van der Waals surface area contributed by atoms with E-state index in [1.807, 2.05) is 27.7 Å². The summed E-state index contributed by atoms with van der Waals surface area (Å²) in [6.45, 7) is 7.33. The largest absolute Gasteiger partial charge is 0.467 e. The first-order valence-electron chi connectivity index (χ1n) is 5.66. The van der Waals surface area contributed by atoms with Crippen LogP contribution in [-0.2, 0) is 19.1 Å². The van der Waals surface area contributed by atoms with Gasteiger partial charge < -0.3 is 14.8 Å². The molecule has 0 rings (SSSR count). The Bertz CT molecular complexity index is 274. The van der Waals surface area contributed by atoms with Gasteiger partial charge in [-0.15, -0.1) is 0 Å². The number of carbonyl (C=O) groups excluding carboxylic acids is 2. The first-order valence-corrected chi connectivity index (χ1v) is 5.66. The average molecular weight is 245 g/mol. The molecule has 0 radical (unpaired) electrons. The maximum atomic E-state index is 11.8. The third-order valence-corrected chi connectivity index (χ3v) is 2.58. The highest BCUT2D eigenvalue weighted by Gasteiger charge is 2.28. The second kappa shape index (κ2) is 6.59. The number of nitrogens with one attached hydrogen (secondary N) is 1. The van der Waals surface area contributed by atoms with E-state index < -0.39 is 17.6 Å². The summed E-state index contributed by atoms with van der Waals surface area (Å²) in [6, 6.07) is -0.611. The maximum Gasteiger partial charge on any atom is 0.328 e. The van der Waals surface area contributed by atoms with Crippen molar-refractivity contribution in [2.24, 2.45) is 5.92 Å². The molecule has 1 unspecified atom stereocenters. The molecule has 100 valence electrons. The van der Waals surface area contributed by atoms with Gasteiger partial charge in [-0.2, -0.15) is 0 Å². The van der Waals surface area contributed by atoms with E-state index in [4.69, 9.17) is 4.74 Å². The maximum absolute atomic E-state index is 11.8. The van der Waals surface area contributed by atoms with Gasteiger partial charge >= 0.3 is 5.97 Å². The molecular formula is C12H23NO4. The van der Waals surface area contributed by atoms with Gasteiger partial charge in [-0.05, 0) is 19.8 Å². The number of esters is 1. The molecule has 0 aliphatic heterocycles. The molecule has 0 aliphatic carbocycles. The Morgan fingerprint density at radius 2 is 1.76 bits per heavy atom. The van der Waals surface area contributed by atoms with Crippen LogP contribution in [0.25, 0.3) is 0 Å². The summed E-state index contributed by atoms with van der Waals surface area (Å²) in [5.41, 5.74) is -0.540. The molecule has 5 nitrogen and oxygen atoms in total. The lowest BCUT2D eigenvalue weighted by Gasteiger charge is -2.25. The zero-order chi connectivity index (χ0) is 13.6. The third-order valence-electron chi connectivity index (χ3n) is 2.58. The molecule has 0 aromatic heterocycles. The van der Waals surface area contributed by atoms with Crippen LogP contribution in [0.1, 0.15) is 34.1 Å². The van der Waals surface area contributed by atoms with E-state index in [1.165, 1.54) is 7.11 Å². The van der Waals surface area contributed by atoms with Crippen molar-refractivity contribution in [3.05, 3.63) is 0 Å². The van der Waals surface area contributed by atoms with Crippen LogP contribution in [0, 0.1) is 5.92 Å². The first-order chi connectivity index (χ1) is 7.73. The van der Waals surface area contributed by atoms with E-state index in [1.54, 1.807) is 7.11 Å². The summed E-state index contributed by atoms with van der Waals surface area (Å²) in [5, 5.41) is 2.66. The minimum Gasteiger partial charge on any atom is -0.467 e. The Balaban J connectivity index is 4.47. The van der Waals surface area contributed by atoms with Gasteiger partial charge in [0, 0.05) is 7.11 Å². The number of methoxy groups -OCH3 is 2. The van der Waals surface area contributed by atoms with Gasteiger partial charge in [0.1, 0.15) is 6.04 Å². The van der Waals surface area contributed by atoms with E-state index in [0.717, 1.165) is 0 Å². The van der Waals surface area contributed by atoms with E-state index in [9.17, 15) is 9.59 Å². The van der Waals surface area contributed by atoms with Crippen LogP contribution in [0.4, 0.5) is 0 Å². The van der Waals surface area contributed by atoms with Crippen LogP contribution in [0.3, 0.4) is 0 Å². The summed E-state index contributed by atoms with van der Waals surface area (Å²) >= 11 is 0. The predicted molar refractivity (Wildman–Crippen MR) is 64.5 cm³/mol. The SMILES string of the molecule is COC(=O)C(NC(=O)CC(C)(C)OC)C(C)C. The molecule has 1 amide bonds. The summed E-state index contributed by atoms with van der Waals surface area (Å²) < 4.78 is 9.81. The smallest absolute Gasteiger partial charge is 0.328 e. The van der Waals surface area contributed by atoms with E-state index in [-0.39, 0.29) is 18.2 Å². The highest BCUT2D eigenvalue weighted by Crippen LogP contribution is 2.13. The van der Waals surface area contributed by atoms with Crippen LogP contribution in [-0.4, -0.2) is 37.7 Å². The zero-order valence-corrected chi connectivity index (χ0v) is 11.5. The lowest BCUT2D eigenvalue weighted by atomic mass is 10.0. The normalized spacial score (nSPS) is 13.4. The van der Waals surface area contributed by atoms with E-state index >= 15 is 0 Å². The molecule has 0 aliphatic rings. The van der Waals surface area contributed by atoms with Crippen LogP contribution in [0.15, 0.2) is 0 Å². The van der Waals surface area contributed by atoms with Crippen molar-refractivity contribution in [2.75, 3.05) is 14.2 Å². The first kappa shape index (κ1) is 15.9. The van der Waals surface area contributed by atoms with Gasteiger partial charge in [0.05, 0.1) is 19.1 Å². The van der Waals surface area contributed by atoms with Crippen molar-refractivity contribution in [2.45, 2.75) is 45.8 Å². The van der Waals surface area contributed by atoms with E-state index in [2.05, 4.69) is 10.1 Å². The lowest BCUT2D eigenvalue weighted by Crippen LogP contribution is -2.46. The van der Waals surface area contributed by atoms with Crippen molar-refractivity contribution < 1.29 is 19.1 Å². The summed E-state index contributed by atoms with van der Waals surface area (Å²) in [4.78, 5) is 23.2. The molecule has 0 heterocycles. The molecule has 0 saturated carbocycles. The van der Waals surface area contributed by atoms with Gasteiger partial charge in [0.2, 0.25) is 5.91 Å². The molecule has 0 fully saturated rings. The molecule has 5 heteroatoms. The second-order valence-corrected chi connectivity index (χ2v) is 4.95. The number of ether oxygens (including phenoxy) is 2. The van der Waals surface area contributed by atoms with Crippen LogP contribution in [0.2, 0.25) is 0 Å². The van der Waals surface area contributed by atoms with Gasteiger partial charge in [-0.3, -0.25) is 4.79 Å². The summed E-state index contributed by atoms with van der Waals surface area (Å²) in [7, 11) is 2.86. The summed E-state index contributed by atoms with van der Waals surface area (Å²) in [6.07, 6.45) is 0.198. The quantitative estimate of drug-likeness (QED) is 0.712. The third kappa shape index (κ3) is 5.68. The molecule has 0 bridgehead atoms. The Hall–Kier alpha value is -1.10. The predicted octanol–water partition coefficient (Wildman–Crippen LogP) is 1.12. The molecule has 0 aromatic rings. The van der Waals surface area contributed by atoms with Crippen molar-refractivity contribution in [1.82, 2.24) is 5.32 Å². The Labute approximate surface area is 103 Å². The highest BCUT2D eigenvalue weighted by atomic mass is 16.5. The Kier molecular flexibility index (Phi) is 6.16. The number of carbonyl (C=O) groups is 2. The van der Waals surface area contributed by atoms with Crippen LogP contribution >= 0.6 is 0 Å². The van der Waals surface area contributed by atoms with Gasteiger partial charge in [-0.25, -0.2) is 4.79 Å². The topological polar surface area (TPSA) is 64.6 Å². The molecule has 1 atom stereocenters. The molecule has 1 N–H and O–H groups in total. The monoisotopic (exact) mass is 245 g/mol. The van der Waals surface area contributed by atoms with E-state index in [0.29, 0.717) is 0 Å².